The van der Waals surface area contributed by atoms with Gasteiger partial charge in [-0.15, -0.1) is 11.3 Å². The summed E-state index contributed by atoms with van der Waals surface area (Å²) < 4.78 is 6.16. The second-order valence-corrected chi connectivity index (χ2v) is 3.35. The molecular weight excluding hydrogens is 214 g/mol. The van der Waals surface area contributed by atoms with Crippen LogP contribution in [0, 0.1) is 0 Å². The molecule has 0 amide bonds. The van der Waals surface area contributed by atoms with Crippen LogP contribution in [0.2, 0.25) is 0 Å². The van der Waals surface area contributed by atoms with E-state index in [2.05, 4.69) is 21.1 Å². The number of nitrogens with zero attached hydrogens (tertiary/aromatic N) is 1. The first kappa shape index (κ1) is 6.37. The summed E-state index contributed by atoms with van der Waals surface area (Å²) in [7, 11) is 0. The zero-order valence-corrected chi connectivity index (χ0v) is 7.41. The lowest BCUT2D eigenvalue weighted by Gasteiger charge is -1.78. The molecule has 0 spiro atoms. The molecule has 0 N–H and O–H groups in total. The molecule has 2 rings (SSSR count). The third-order valence-electron chi connectivity index (χ3n) is 1.27. The molecule has 0 bridgehead atoms. The summed E-state index contributed by atoms with van der Waals surface area (Å²) in [5.74, 6) is 0. The highest BCUT2D eigenvalue weighted by Crippen LogP contribution is 2.25. The van der Waals surface area contributed by atoms with Crippen molar-refractivity contribution in [2.24, 2.45) is 0 Å². The maximum absolute atomic E-state index is 5.01. The summed E-state index contributed by atoms with van der Waals surface area (Å²) in [5.41, 5.74) is 1.88. The summed E-state index contributed by atoms with van der Waals surface area (Å²) in [5, 5.41) is 6.63. The number of thiophene rings is 1. The van der Waals surface area contributed by atoms with Gasteiger partial charge in [-0.25, -0.2) is 0 Å². The van der Waals surface area contributed by atoms with Gasteiger partial charge in [0.2, 0.25) is 0 Å². The van der Waals surface area contributed by atoms with Gasteiger partial charge in [0.25, 0.3) is 0 Å². The minimum atomic E-state index is 0.764. The predicted octanol–water partition coefficient (Wildman–Crippen LogP) is 2.78. The van der Waals surface area contributed by atoms with Crippen LogP contribution in [-0.2, 0) is 5.33 Å². The Kier molecular flexibility index (Phi) is 1.50. The highest BCUT2D eigenvalue weighted by molar-refractivity contribution is 9.08. The molecule has 0 aliphatic rings. The molecule has 4 heteroatoms. The summed E-state index contributed by atoms with van der Waals surface area (Å²) in [6, 6.07) is 1.93. The molecule has 2 aromatic rings. The third kappa shape index (κ3) is 0.793. The average Bonchev–Trinajstić information content (AvgIpc) is 2.44. The van der Waals surface area contributed by atoms with Gasteiger partial charge in [0.05, 0.1) is 10.0 Å². The number of hydrogen-bond donors (Lipinski definition) is 0. The van der Waals surface area contributed by atoms with Crippen LogP contribution < -0.4 is 0 Å². The fourth-order valence-corrected chi connectivity index (χ4v) is 2.17. The van der Waals surface area contributed by atoms with Crippen molar-refractivity contribution in [2.75, 3.05) is 0 Å². The van der Waals surface area contributed by atoms with Crippen molar-refractivity contribution in [2.45, 2.75) is 5.33 Å². The van der Waals surface area contributed by atoms with Crippen molar-refractivity contribution in [1.82, 2.24) is 5.16 Å². The maximum atomic E-state index is 5.01. The van der Waals surface area contributed by atoms with Crippen molar-refractivity contribution in [1.29, 1.82) is 0 Å². The lowest BCUT2D eigenvalue weighted by Crippen LogP contribution is -1.71. The van der Waals surface area contributed by atoms with Crippen LogP contribution in [0.5, 0.6) is 0 Å². The summed E-state index contributed by atoms with van der Waals surface area (Å²) in [4.78, 5) is 0. The van der Waals surface area contributed by atoms with E-state index in [1.54, 1.807) is 11.3 Å². The van der Waals surface area contributed by atoms with E-state index in [9.17, 15) is 0 Å². The molecule has 0 aliphatic heterocycles. The van der Waals surface area contributed by atoms with Gasteiger partial charge in [-0.2, -0.15) is 0 Å². The van der Waals surface area contributed by atoms with Gasteiger partial charge in [-0.1, -0.05) is 21.1 Å². The van der Waals surface area contributed by atoms with Gasteiger partial charge in [0.15, 0.2) is 5.58 Å². The smallest absolute Gasteiger partial charge is 0.177 e. The highest BCUT2D eigenvalue weighted by atomic mass is 79.9. The van der Waals surface area contributed by atoms with E-state index < -0.39 is 0 Å². The number of alkyl halides is 1. The fraction of sp³-hybridized carbons (Fsp3) is 0.167. The molecule has 2 nitrogen and oxygen atoms in total. The first-order chi connectivity index (χ1) is 4.92. The second-order valence-electron chi connectivity index (χ2n) is 1.88. The third-order valence-corrected chi connectivity index (χ3v) is 2.75. The SMILES string of the molecule is BrCc1noc2ccsc12. The summed E-state index contributed by atoms with van der Waals surface area (Å²) in [6.07, 6.45) is 0. The predicted molar refractivity (Wildman–Crippen MR) is 44.5 cm³/mol. The Morgan fingerprint density at radius 3 is 3.40 bits per heavy atom. The van der Waals surface area contributed by atoms with Gasteiger partial charge in [-0.05, 0) is 11.4 Å². The Bertz CT molecular complexity index is 340. The molecular formula is C6H4BrNOS. The molecule has 2 heterocycles. The van der Waals surface area contributed by atoms with Crippen LogP contribution in [0.4, 0.5) is 0 Å². The molecule has 2 aromatic heterocycles. The minimum Gasteiger partial charge on any atom is -0.355 e. The van der Waals surface area contributed by atoms with Crippen LogP contribution in [0.25, 0.3) is 10.3 Å². The Morgan fingerprint density at radius 1 is 1.70 bits per heavy atom. The van der Waals surface area contributed by atoms with Crippen molar-refractivity contribution in [3.8, 4) is 0 Å². The summed E-state index contributed by atoms with van der Waals surface area (Å²) >= 11 is 4.99. The van der Waals surface area contributed by atoms with Crippen LogP contribution >= 0.6 is 27.3 Å². The van der Waals surface area contributed by atoms with E-state index in [-0.39, 0.29) is 0 Å². The monoisotopic (exact) mass is 217 g/mol. The van der Waals surface area contributed by atoms with Crippen LogP contribution in [-0.4, -0.2) is 5.16 Å². The standard InChI is InChI=1S/C6H4BrNOS/c7-3-4-6-5(9-8-4)1-2-10-6/h1-2H,3H2. The van der Waals surface area contributed by atoms with Gasteiger partial charge in [0, 0.05) is 0 Å². The van der Waals surface area contributed by atoms with Gasteiger partial charge in [-0.3, -0.25) is 0 Å². The van der Waals surface area contributed by atoms with Crippen molar-refractivity contribution >= 4 is 37.5 Å². The normalized spacial score (nSPS) is 10.9. The average molecular weight is 218 g/mol. The van der Waals surface area contributed by atoms with E-state index in [1.165, 1.54) is 0 Å². The van der Waals surface area contributed by atoms with E-state index in [1.807, 2.05) is 11.4 Å². The van der Waals surface area contributed by atoms with Gasteiger partial charge >= 0.3 is 0 Å². The minimum absolute atomic E-state index is 0.764. The molecule has 0 saturated heterocycles. The highest BCUT2D eigenvalue weighted by Gasteiger charge is 2.06. The zero-order chi connectivity index (χ0) is 6.97. The number of aromatic nitrogens is 1. The number of halogens is 1. The Balaban J connectivity index is 2.76. The van der Waals surface area contributed by atoms with Crippen molar-refractivity contribution in [3.63, 3.8) is 0 Å². The number of rotatable bonds is 1. The Labute approximate surface area is 70.0 Å². The van der Waals surface area contributed by atoms with Crippen molar-refractivity contribution < 1.29 is 4.52 Å². The first-order valence-electron chi connectivity index (χ1n) is 2.79. The lowest BCUT2D eigenvalue weighted by molar-refractivity contribution is 0.450. The Morgan fingerprint density at radius 2 is 2.60 bits per heavy atom. The molecule has 0 aromatic carbocycles. The Hall–Kier alpha value is -0.350. The van der Waals surface area contributed by atoms with Crippen molar-refractivity contribution in [3.05, 3.63) is 17.1 Å². The quantitative estimate of drug-likeness (QED) is 0.688. The zero-order valence-electron chi connectivity index (χ0n) is 5.00. The van der Waals surface area contributed by atoms with E-state index in [4.69, 9.17) is 4.52 Å². The maximum Gasteiger partial charge on any atom is 0.177 e. The molecule has 0 radical (unpaired) electrons. The summed E-state index contributed by atoms with van der Waals surface area (Å²) in [6.45, 7) is 0. The molecule has 0 fully saturated rings. The van der Waals surface area contributed by atoms with Gasteiger partial charge in [0.1, 0.15) is 5.69 Å². The number of fused-ring (bicyclic) bond motifs is 1. The van der Waals surface area contributed by atoms with E-state index >= 15 is 0 Å². The van der Waals surface area contributed by atoms with Crippen LogP contribution in [0.1, 0.15) is 5.69 Å². The molecule has 0 atom stereocenters. The largest absolute Gasteiger partial charge is 0.355 e. The molecule has 52 valence electrons. The number of hydrogen-bond acceptors (Lipinski definition) is 3. The topological polar surface area (TPSA) is 26.0 Å². The van der Waals surface area contributed by atoms with E-state index in [0.29, 0.717) is 0 Å². The van der Waals surface area contributed by atoms with Crippen LogP contribution in [0.15, 0.2) is 16.0 Å². The lowest BCUT2D eigenvalue weighted by atomic mass is 10.4. The second kappa shape index (κ2) is 2.36. The van der Waals surface area contributed by atoms with E-state index in [0.717, 1.165) is 21.3 Å². The molecule has 0 saturated carbocycles. The molecule has 0 unspecified atom stereocenters. The molecule has 10 heavy (non-hydrogen) atoms. The first-order valence-corrected chi connectivity index (χ1v) is 4.79. The molecule has 0 aliphatic carbocycles. The van der Waals surface area contributed by atoms with Crippen LogP contribution in [0.3, 0.4) is 0 Å². The van der Waals surface area contributed by atoms with Gasteiger partial charge < -0.3 is 4.52 Å². The fourth-order valence-electron chi connectivity index (χ4n) is 0.811.